The zero-order valence-electron chi connectivity index (χ0n) is 10.2. The van der Waals surface area contributed by atoms with E-state index < -0.39 is 15.7 Å². The second kappa shape index (κ2) is 4.87. The van der Waals surface area contributed by atoms with Crippen molar-refractivity contribution in [1.82, 2.24) is 4.72 Å². The van der Waals surface area contributed by atoms with Crippen molar-refractivity contribution in [3.05, 3.63) is 29.8 Å². The number of nitrogen functional groups attached to an aromatic ring is 1. The number of rotatable bonds is 3. The molecule has 1 aromatic rings. The Morgan fingerprint density at radius 1 is 1.17 bits per heavy atom. The van der Waals surface area contributed by atoms with E-state index in [-0.39, 0.29) is 0 Å². The third kappa shape index (κ3) is 3.01. The first-order valence-electron chi connectivity index (χ1n) is 6.09. The van der Waals surface area contributed by atoms with E-state index in [0.29, 0.717) is 5.69 Å². The van der Waals surface area contributed by atoms with Crippen LogP contribution in [0.2, 0.25) is 0 Å². The standard InChI is InChI=1S/C12H19N3O2S/c13-11-6-4-5-10(9-11)12(15-18(14,16)17)7-2-1-3-8-12/h4-6,9,15H,1-3,7-8,13H2,(H2,14,16,17). The Hall–Kier alpha value is -1.11. The van der Waals surface area contributed by atoms with E-state index in [1.54, 1.807) is 6.07 Å². The average molecular weight is 269 g/mol. The van der Waals surface area contributed by atoms with Crippen LogP contribution < -0.4 is 15.6 Å². The number of nitrogens with two attached hydrogens (primary N) is 2. The summed E-state index contributed by atoms with van der Waals surface area (Å²) in [5, 5.41) is 5.16. The SMILES string of the molecule is Nc1cccc(C2(NS(N)(=O)=O)CCCCC2)c1. The van der Waals surface area contributed by atoms with E-state index in [9.17, 15) is 8.42 Å². The molecule has 100 valence electrons. The van der Waals surface area contributed by atoms with Crippen LogP contribution in [0, 0.1) is 0 Å². The van der Waals surface area contributed by atoms with E-state index in [0.717, 1.165) is 37.7 Å². The van der Waals surface area contributed by atoms with Gasteiger partial charge in [0.25, 0.3) is 10.2 Å². The fraction of sp³-hybridized carbons (Fsp3) is 0.500. The molecule has 1 aliphatic rings. The second-order valence-electron chi connectivity index (χ2n) is 4.92. The van der Waals surface area contributed by atoms with Crippen molar-refractivity contribution in [1.29, 1.82) is 0 Å². The first-order valence-corrected chi connectivity index (χ1v) is 7.64. The van der Waals surface area contributed by atoms with Crippen molar-refractivity contribution in [2.75, 3.05) is 5.73 Å². The number of anilines is 1. The van der Waals surface area contributed by atoms with Crippen LogP contribution in [0.4, 0.5) is 5.69 Å². The molecule has 0 saturated heterocycles. The predicted molar refractivity (Wildman–Crippen MR) is 71.9 cm³/mol. The summed E-state index contributed by atoms with van der Waals surface area (Å²) in [6, 6.07) is 7.35. The van der Waals surface area contributed by atoms with E-state index in [4.69, 9.17) is 10.9 Å². The minimum Gasteiger partial charge on any atom is -0.399 e. The molecule has 6 heteroatoms. The van der Waals surface area contributed by atoms with Crippen molar-refractivity contribution in [3.63, 3.8) is 0 Å². The van der Waals surface area contributed by atoms with Crippen molar-refractivity contribution in [2.24, 2.45) is 5.14 Å². The summed E-state index contributed by atoms with van der Waals surface area (Å²) in [4.78, 5) is 0. The third-order valence-corrected chi connectivity index (χ3v) is 4.16. The maximum Gasteiger partial charge on any atom is 0.275 e. The quantitative estimate of drug-likeness (QED) is 0.719. The topological polar surface area (TPSA) is 98.2 Å². The zero-order valence-corrected chi connectivity index (χ0v) is 11.0. The second-order valence-corrected chi connectivity index (χ2v) is 6.21. The summed E-state index contributed by atoms with van der Waals surface area (Å²) in [6.45, 7) is 0. The van der Waals surface area contributed by atoms with Gasteiger partial charge in [-0.05, 0) is 30.5 Å². The van der Waals surface area contributed by atoms with Crippen LogP contribution >= 0.6 is 0 Å². The van der Waals surface area contributed by atoms with Gasteiger partial charge in [0.15, 0.2) is 0 Å². The van der Waals surface area contributed by atoms with E-state index in [1.165, 1.54) is 0 Å². The van der Waals surface area contributed by atoms with Crippen LogP contribution in [0.15, 0.2) is 24.3 Å². The number of benzene rings is 1. The Bertz CT molecular complexity index is 522. The van der Waals surface area contributed by atoms with Gasteiger partial charge in [0.1, 0.15) is 0 Å². The highest BCUT2D eigenvalue weighted by Crippen LogP contribution is 2.38. The molecule has 0 radical (unpaired) electrons. The highest BCUT2D eigenvalue weighted by molar-refractivity contribution is 7.87. The lowest BCUT2D eigenvalue weighted by molar-refractivity contribution is 0.273. The highest BCUT2D eigenvalue weighted by Gasteiger charge is 2.36. The molecule has 18 heavy (non-hydrogen) atoms. The molecule has 1 fully saturated rings. The predicted octanol–water partition coefficient (Wildman–Crippen LogP) is 1.22. The summed E-state index contributed by atoms with van der Waals surface area (Å²) < 4.78 is 25.4. The molecule has 1 aliphatic carbocycles. The largest absolute Gasteiger partial charge is 0.399 e. The Balaban J connectivity index is 2.41. The van der Waals surface area contributed by atoms with Gasteiger partial charge in [0, 0.05) is 5.69 Å². The molecule has 5 nitrogen and oxygen atoms in total. The minimum absolute atomic E-state index is 0.596. The molecular formula is C12H19N3O2S. The van der Waals surface area contributed by atoms with E-state index in [2.05, 4.69) is 4.72 Å². The summed E-state index contributed by atoms with van der Waals surface area (Å²) in [7, 11) is -3.73. The average Bonchev–Trinajstić information content (AvgIpc) is 2.28. The van der Waals surface area contributed by atoms with Crippen LogP contribution in [0.5, 0.6) is 0 Å². The lowest BCUT2D eigenvalue weighted by atomic mass is 9.77. The van der Waals surface area contributed by atoms with Gasteiger partial charge in [0.2, 0.25) is 0 Å². The maximum absolute atomic E-state index is 11.4. The molecule has 5 N–H and O–H groups in total. The lowest BCUT2D eigenvalue weighted by Gasteiger charge is -2.37. The molecule has 2 rings (SSSR count). The van der Waals surface area contributed by atoms with Gasteiger partial charge in [-0.25, -0.2) is 5.14 Å². The fourth-order valence-corrected chi connectivity index (χ4v) is 3.58. The molecule has 0 unspecified atom stereocenters. The Labute approximate surface area is 108 Å². The van der Waals surface area contributed by atoms with Crippen LogP contribution in [0.25, 0.3) is 0 Å². The Morgan fingerprint density at radius 2 is 1.83 bits per heavy atom. The zero-order chi connectivity index (χ0) is 13.2. The molecule has 1 aromatic carbocycles. The normalized spacial score (nSPS) is 19.6. The van der Waals surface area contributed by atoms with Gasteiger partial charge in [-0.1, -0.05) is 31.4 Å². The molecule has 0 heterocycles. The van der Waals surface area contributed by atoms with E-state index >= 15 is 0 Å². The summed E-state index contributed by atoms with van der Waals surface area (Å²) in [5.74, 6) is 0. The smallest absolute Gasteiger partial charge is 0.275 e. The van der Waals surface area contributed by atoms with E-state index in [1.807, 2.05) is 18.2 Å². The molecule has 0 aliphatic heterocycles. The van der Waals surface area contributed by atoms with Crippen molar-refractivity contribution in [3.8, 4) is 0 Å². The van der Waals surface area contributed by atoms with Crippen LogP contribution in [-0.4, -0.2) is 8.42 Å². The Kier molecular flexibility index (Phi) is 3.61. The number of hydrogen-bond donors (Lipinski definition) is 3. The molecule has 0 spiro atoms. The van der Waals surface area contributed by atoms with Gasteiger partial charge in [-0.2, -0.15) is 13.1 Å². The molecule has 0 atom stereocenters. The van der Waals surface area contributed by atoms with Crippen LogP contribution in [0.3, 0.4) is 0 Å². The molecular weight excluding hydrogens is 250 g/mol. The fourth-order valence-electron chi connectivity index (χ4n) is 2.71. The molecule has 0 aromatic heterocycles. The van der Waals surface area contributed by atoms with Gasteiger partial charge >= 0.3 is 0 Å². The first-order chi connectivity index (χ1) is 8.41. The summed E-state index contributed by atoms with van der Waals surface area (Å²) in [5.41, 5.74) is 6.72. The highest BCUT2D eigenvalue weighted by atomic mass is 32.2. The molecule has 0 bridgehead atoms. The van der Waals surface area contributed by atoms with Crippen LogP contribution in [-0.2, 0) is 15.7 Å². The van der Waals surface area contributed by atoms with Crippen molar-refractivity contribution >= 4 is 15.9 Å². The monoisotopic (exact) mass is 269 g/mol. The molecule has 1 saturated carbocycles. The van der Waals surface area contributed by atoms with Gasteiger partial charge in [-0.3, -0.25) is 0 Å². The summed E-state index contributed by atoms with van der Waals surface area (Å²) >= 11 is 0. The summed E-state index contributed by atoms with van der Waals surface area (Å²) in [6.07, 6.45) is 4.60. The maximum atomic E-state index is 11.4. The number of nitrogens with one attached hydrogen (secondary N) is 1. The minimum atomic E-state index is -3.73. The lowest BCUT2D eigenvalue weighted by Crippen LogP contribution is -2.49. The Morgan fingerprint density at radius 3 is 2.39 bits per heavy atom. The molecule has 0 amide bonds. The van der Waals surface area contributed by atoms with Gasteiger partial charge < -0.3 is 5.73 Å². The van der Waals surface area contributed by atoms with Crippen LogP contribution in [0.1, 0.15) is 37.7 Å². The third-order valence-electron chi connectivity index (χ3n) is 3.48. The number of hydrogen-bond acceptors (Lipinski definition) is 3. The first kappa shape index (κ1) is 13.3. The van der Waals surface area contributed by atoms with Crippen molar-refractivity contribution < 1.29 is 8.42 Å². The van der Waals surface area contributed by atoms with Gasteiger partial charge in [-0.15, -0.1) is 0 Å². The van der Waals surface area contributed by atoms with Gasteiger partial charge in [0.05, 0.1) is 5.54 Å². The van der Waals surface area contributed by atoms with Crippen molar-refractivity contribution in [2.45, 2.75) is 37.6 Å².